The van der Waals surface area contributed by atoms with E-state index >= 15 is 0 Å². The summed E-state index contributed by atoms with van der Waals surface area (Å²) in [5.74, 6) is 1.89. The molecule has 2 saturated heterocycles. The van der Waals surface area contributed by atoms with Gasteiger partial charge in [-0.05, 0) is 93.1 Å². The van der Waals surface area contributed by atoms with Crippen molar-refractivity contribution in [3.05, 3.63) is 35.9 Å². The second-order valence-electron chi connectivity index (χ2n) is 12.2. The van der Waals surface area contributed by atoms with Gasteiger partial charge in [0, 0.05) is 18.7 Å². The number of amides is 1. The SMILES string of the molecule is CCOC[C@]12CC3CC(C(=O)N[C@@H]4CN5CCC6CC645)(C1)C[C@@](c1ccccc1)(C3)C2. The van der Waals surface area contributed by atoms with E-state index in [1.165, 1.54) is 44.2 Å². The van der Waals surface area contributed by atoms with Gasteiger partial charge in [0.25, 0.3) is 0 Å². The van der Waals surface area contributed by atoms with E-state index in [2.05, 4.69) is 47.5 Å². The molecule has 4 bridgehead atoms. The third kappa shape index (κ3) is 2.47. The molecular weight excluding hydrogens is 384 g/mol. The molecule has 4 unspecified atom stereocenters. The van der Waals surface area contributed by atoms with Crippen molar-refractivity contribution in [2.45, 2.75) is 75.3 Å². The summed E-state index contributed by atoms with van der Waals surface area (Å²) in [7, 11) is 0. The van der Waals surface area contributed by atoms with Crippen LogP contribution in [-0.2, 0) is 14.9 Å². The topological polar surface area (TPSA) is 41.6 Å². The van der Waals surface area contributed by atoms with Crippen molar-refractivity contribution < 1.29 is 9.53 Å². The van der Waals surface area contributed by atoms with Crippen LogP contribution in [0.2, 0.25) is 0 Å². The Labute approximate surface area is 186 Å². The van der Waals surface area contributed by atoms with Crippen molar-refractivity contribution in [3.8, 4) is 0 Å². The molecule has 1 N–H and O–H groups in total. The molecule has 31 heavy (non-hydrogen) atoms. The molecule has 1 amide bonds. The fourth-order valence-corrected chi connectivity index (χ4v) is 9.74. The zero-order valence-electron chi connectivity index (χ0n) is 18.9. The highest BCUT2D eigenvalue weighted by molar-refractivity contribution is 5.84. The van der Waals surface area contributed by atoms with Crippen LogP contribution >= 0.6 is 0 Å². The average Bonchev–Trinajstić information content (AvgIpc) is 3.45. The predicted molar refractivity (Wildman–Crippen MR) is 120 cm³/mol. The monoisotopic (exact) mass is 420 g/mol. The average molecular weight is 421 g/mol. The number of carbonyl (C=O) groups excluding carboxylic acids is 1. The molecule has 1 spiro atoms. The van der Waals surface area contributed by atoms with E-state index in [1.807, 2.05) is 0 Å². The van der Waals surface area contributed by atoms with E-state index in [0.717, 1.165) is 44.9 Å². The summed E-state index contributed by atoms with van der Waals surface area (Å²) in [6, 6.07) is 11.5. The molecule has 166 valence electrons. The minimum Gasteiger partial charge on any atom is -0.381 e. The Morgan fingerprint density at radius 2 is 2.00 bits per heavy atom. The largest absolute Gasteiger partial charge is 0.381 e. The Hall–Kier alpha value is -1.39. The summed E-state index contributed by atoms with van der Waals surface area (Å²) < 4.78 is 6.08. The second kappa shape index (κ2) is 6.14. The first-order valence-electron chi connectivity index (χ1n) is 12.7. The van der Waals surface area contributed by atoms with Gasteiger partial charge in [0.15, 0.2) is 0 Å². The van der Waals surface area contributed by atoms with Gasteiger partial charge in [-0.25, -0.2) is 0 Å². The van der Waals surface area contributed by atoms with E-state index < -0.39 is 0 Å². The number of piperidine rings is 1. The lowest BCUT2D eigenvalue weighted by Crippen LogP contribution is -2.71. The van der Waals surface area contributed by atoms with Crippen molar-refractivity contribution >= 4 is 5.91 Å². The standard InChI is InChI=1S/C27H36N2O2/c1-2-31-18-24-10-19-11-25(15-24,20-6-4-3-5-7-20)17-26(12-19,16-24)23(30)28-22-14-29-9-8-21-13-27(21,22)29/h3-7,19,21-22H,2,8-18H2,1H3,(H,28,30)/t19?,21?,22-,24+,25-,26?,27?/m1/s1. The van der Waals surface area contributed by atoms with Crippen LogP contribution in [0.5, 0.6) is 0 Å². The lowest BCUT2D eigenvalue weighted by atomic mass is 9.38. The van der Waals surface area contributed by atoms with E-state index in [9.17, 15) is 4.79 Å². The highest BCUT2D eigenvalue weighted by Gasteiger charge is 2.73. The van der Waals surface area contributed by atoms with E-state index in [0.29, 0.717) is 23.4 Å². The summed E-state index contributed by atoms with van der Waals surface area (Å²) in [5.41, 5.74) is 1.93. The minimum atomic E-state index is -0.202. The minimum absolute atomic E-state index is 0.147. The highest BCUT2D eigenvalue weighted by Crippen LogP contribution is 2.70. The maximum Gasteiger partial charge on any atom is 0.226 e. The summed E-state index contributed by atoms with van der Waals surface area (Å²) in [5, 5.41) is 3.65. The van der Waals surface area contributed by atoms with Gasteiger partial charge < -0.3 is 10.1 Å². The Balaban J connectivity index is 1.22. The highest BCUT2D eigenvalue weighted by atomic mass is 16.5. The van der Waals surface area contributed by atoms with Gasteiger partial charge in [-0.3, -0.25) is 9.69 Å². The van der Waals surface area contributed by atoms with E-state index in [-0.39, 0.29) is 16.2 Å². The van der Waals surface area contributed by atoms with Crippen LogP contribution in [0.1, 0.15) is 63.9 Å². The summed E-state index contributed by atoms with van der Waals surface area (Å²) in [6.07, 6.45) is 9.51. The van der Waals surface area contributed by atoms with Gasteiger partial charge in [-0.2, -0.15) is 0 Å². The van der Waals surface area contributed by atoms with Crippen molar-refractivity contribution in [1.29, 1.82) is 0 Å². The van der Waals surface area contributed by atoms with E-state index in [4.69, 9.17) is 4.74 Å². The molecule has 4 heteroatoms. The van der Waals surface area contributed by atoms with Crippen LogP contribution in [0.4, 0.5) is 0 Å². The lowest BCUT2D eigenvalue weighted by Gasteiger charge is -2.66. The Kier molecular flexibility index (Phi) is 3.78. The molecule has 5 aliphatic carbocycles. The van der Waals surface area contributed by atoms with Crippen molar-refractivity contribution in [2.24, 2.45) is 22.7 Å². The maximum atomic E-state index is 14.1. The fourth-order valence-electron chi connectivity index (χ4n) is 9.74. The third-order valence-electron chi connectivity index (χ3n) is 10.4. The summed E-state index contributed by atoms with van der Waals surface area (Å²) in [6.45, 7) is 6.03. The van der Waals surface area contributed by atoms with Crippen molar-refractivity contribution in [3.63, 3.8) is 0 Å². The third-order valence-corrected chi connectivity index (χ3v) is 10.4. The Bertz CT molecular complexity index is 919. The molecule has 7 atom stereocenters. The molecule has 4 nitrogen and oxygen atoms in total. The molecule has 8 rings (SSSR count). The zero-order valence-corrected chi connectivity index (χ0v) is 18.9. The van der Waals surface area contributed by atoms with Crippen molar-refractivity contribution in [2.75, 3.05) is 26.3 Å². The number of hydrogen-bond donors (Lipinski definition) is 1. The predicted octanol–water partition coefficient (Wildman–Crippen LogP) is 3.89. The molecule has 1 aromatic rings. The van der Waals surface area contributed by atoms with Gasteiger partial charge >= 0.3 is 0 Å². The summed E-state index contributed by atoms with van der Waals surface area (Å²) >= 11 is 0. The van der Waals surface area contributed by atoms with Crippen LogP contribution in [0, 0.1) is 22.7 Å². The molecule has 7 fully saturated rings. The van der Waals surface area contributed by atoms with Crippen molar-refractivity contribution in [1.82, 2.24) is 10.2 Å². The van der Waals surface area contributed by atoms with Gasteiger partial charge in [0.05, 0.1) is 18.1 Å². The van der Waals surface area contributed by atoms with Crippen LogP contribution in [-0.4, -0.2) is 48.7 Å². The smallest absolute Gasteiger partial charge is 0.226 e. The number of rotatable bonds is 6. The number of nitrogens with zero attached hydrogens (tertiary/aromatic N) is 1. The molecule has 7 aliphatic rings. The second-order valence-corrected chi connectivity index (χ2v) is 12.2. The number of benzene rings is 1. The Morgan fingerprint density at radius 1 is 1.13 bits per heavy atom. The van der Waals surface area contributed by atoms with Gasteiger partial charge in [0.2, 0.25) is 5.91 Å². The Morgan fingerprint density at radius 3 is 2.77 bits per heavy atom. The van der Waals surface area contributed by atoms with Crippen LogP contribution in [0.25, 0.3) is 0 Å². The van der Waals surface area contributed by atoms with Gasteiger partial charge in [-0.1, -0.05) is 30.3 Å². The quantitative estimate of drug-likeness (QED) is 0.759. The molecule has 1 aromatic carbocycles. The fraction of sp³-hybridized carbons (Fsp3) is 0.741. The normalized spacial score (nSPS) is 48.7. The molecular formula is C27H36N2O2. The molecule has 0 aromatic heterocycles. The van der Waals surface area contributed by atoms with E-state index in [1.54, 1.807) is 0 Å². The van der Waals surface area contributed by atoms with Crippen LogP contribution in [0.3, 0.4) is 0 Å². The zero-order chi connectivity index (χ0) is 20.9. The molecule has 0 radical (unpaired) electrons. The molecule has 5 saturated carbocycles. The van der Waals surface area contributed by atoms with Gasteiger partial charge in [-0.15, -0.1) is 0 Å². The lowest BCUT2D eigenvalue weighted by molar-refractivity contribution is -0.174. The first-order valence-corrected chi connectivity index (χ1v) is 12.7. The first kappa shape index (κ1) is 19.1. The maximum absolute atomic E-state index is 14.1. The number of hydrogen-bond acceptors (Lipinski definition) is 3. The number of carbonyl (C=O) groups is 1. The molecule has 2 heterocycles. The van der Waals surface area contributed by atoms with Crippen LogP contribution < -0.4 is 5.32 Å². The number of nitrogens with one attached hydrogen (secondary N) is 1. The molecule has 2 aliphatic heterocycles. The first-order chi connectivity index (χ1) is 15.0. The number of ether oxygens (including phenoxy) is 1. The summed E-state index contributed by atoms with van der Waals surface area (Å²) in [4.78, 5) is 16.7. The van der Waals surface area contributed by atoms with Gasteiger partial charge in [0.1, 0.15) is 0 Å². The van der Waals surface area contributed by atoms with Crippen LogP contribution in [0.15, 0.2) is 30.3 Å².